The lowest BCUT2D eigenvalue weighted by Gasteiger charge is -2.29. The molecule has 1 aliphatic carbocycles. The lowest BCUT2D eigenvalue weighted by atomic mass is 9.86. The van der Waals surface area contributed by atoms with Crippen molar-refractivity contribution in [3.8, 4) is 11.3 Å². The van der Waals surface area contributed by atoms with Gasteiger partial charge in [-0.3, -0.25) is 0 Å². The average molecular weight is 287 g/mol. The van der Waals surface area contributed by atoms with Crippen LogP contribution in [0.1, 0.15) is 38.4 Å². The number of nitrogens with one attached hydrogen (secondary N) is 1. The third kappa shape index (κ3) is 3.53. The summed E-state index contributed by atoms with van der Waals surface area (Å²) in [6.07, 6.45) is 5.25. The number of rotatable bonds is 4. The lowest BCUT2D eigenvalue weighted by molar-refractivity contribution is 0.273. The third-order valence-electron chi connectivity index (χ3n) is 4.44. The van der Waals surface area contributed by atoms with Crippen molar-refractivity contribution in [2.45, 2.75) is 45.2 Å². The zero-order valence-electron chi connectivity index (χ0n) is 12.4. The monoisotopic (exact) mass is 287 g/mol. The van der Waals surface area contributed by atoms with Gasteiger partial charge in [0.2, 0.25) is 0 Å². The summed E-state index contributed by atoms with van der Waals surface area (Å²) in [7, 11) is 0. The highest BCUT2D eigenvalue weighted by molar-refractivity contribution is 5.57. The van der Waals surface area contributed by atoms with Gasteiger partial charge in [-0.15, -0.1) is 0 Å². The summed E-state index contributed by atoms with van der Waals surface area (Å²) in [5.41, 5.74) is 0.911. The molecule has 1 N–H and O–H groups in total. The molecule has 1 saturated carbocycles. The van der Waals surface area contributed by atoms with Gasteiger partial charge in [0, 0.05) is 11.6 Å². The Morgan fingerprint density at radius 2 is 1.86 bits per heavy atom. The molecule has 3 rings (SSSR count). The first kappa shape index (κ1) is 14.3. The minimum Gasteiger partial charge on any atom is -0.460 e. The van der Waals surface area contributed by atoms with E-state index < -0.39 is 0 Å². The Labute approximate surface area is 125 Å². The highest BCUT2D eigenvalue weighted by atomic mass is 19.1. The standard InChI is InChI=1S/C18H22FNO/c1-13-4-2-3-5-17(13)20-12-16-10-11-18(21-16)14-6-8-15(19)9-7-14/h6-11,13,17,20H,2-5,12H2,1H3. The first-order valence-corrected chi connectivity index (χ1v) is 7.80. The largest absolute Gasteiger partial charge is 0.460 e. The predicted octanol–water partition coefficient (Wildman–Crippen LogP) is 4.75. The fourth-order valence-electron chi connectivity index (χ4n) is 3.09. The van der Waals surface area contributed by atoms with Gasteiger partial charge in [0.1, 0.15) is 17.3 Å². The molecule has 2 atom stereocenters. The van der Waals surface area contributed by atoms with Gasteiger partial charge < -0.3 is 9.73 Å². The minimum atomic E-state index is -0.224. The molecule has 0 radical (unpaired) electrons. The molecule has 2 unspecified atom stereocenters. The highest BCUT2D eigenvalue weighted by Gasteiger charge is 2.20. The smallest absolute Gasteiger partial charge is 0.134 e. The fraction of sp³-hybridized carbons (Fsp3) is 0.444. The molecule has 1 aliphatic rings. The van der Waals surface area contributed by atoms with Gasteiger partial charge in [-0.25, -0.2) is 4.39 Å². The zero-order valence-corrected chi connectivity index (χ0v) is 12.4. The molecule has 0 spiro atoms. The topological polar surface area (TPSA) is 25.2 Å². The molecule has 0 aliphatic heterocycles. The maximum absolute atomic E-state index is 12.9. The molecule has 3 heteroatoms. The second-order valence-electron chi connectivity index (χ2n) is 6.02. The molecule has 21 heavy (non-hydrogen) atoms. The van der Waals surface area contributed by atoms with Crippen LogP contribution in [0.4, 0.5) is 4.39 Å². The third-order valence-corrected chi connectivity index (χ3v) is 4.44. The van der Waals surface area contributed by atoms with Gasteiger partial charge in [-0.2, -0.15) is 0 Å². The Bertz CT molecular complexity index is 575. The number of hydrogen-bond donors (Lipinski definition) is 1. The van der Waals surface area contributed by atoms with E-state index in [1.54, 1.807) is 12.1 Å². The van der Waals surface area contributed by atoms with Crippen molar-refractivity contribution in [3.63, 3.8) is 0 Å². The van der Waals surface area contributed by atoms with E-state index in [4.69, 9.17) is 4.42 Å². The van der Waals surface area contributed by atoms with Gasteiger partial charge in [0.25, 0.3) is 0 Å². The van der Waals surface area contributed by atoms with E-state index in [-0.39, 0.29) is 5.82 Å². The van der Waals surface area contributed by atoms with Gasteiger partial charge in [0.15, 0.2) is 0 Å². The molecule has 0 amide bonds. The van der Waals surface area contributed by atoms with E-state index in [9.17, 15) is 4.39 Å². The Hall–Kier alpha value is -1.61. The number of benzene rings is 1. The predicted molar refractivity (Wildman–Crippen MR) is 82.4 cm³/mol. The zero-order chi connectivity index (χ0) is 14.7. The maximum Gasteiger partial charge on any atom is 0.134 e. The van der Waals surface area contributed by atoms with E-state index in [0.29, 0.717) is 6.04 Å². The molecule has 1 aromatic carbocycles. The van der Waals surface area contributed by atoms with Crippen molar-refractivity contribution in [2.24, 2.45) is 5.92 Å². The summed E-state index contributed by atoms with van der Waals surface area (Å²) in [6.45, 7) is 3.08. The van der Waals surface area contributed by atoms with Crippen LogP contribution in [0.15, 0.2) is 40.8 Å². The van der Waals surface area contributed by atoms with Crippen LogP contribution < -0.4 is 5.32 Å². The Balaban J connectivity index is 1.61. The van der Waals surface area contributed by atoms with Gasteiger partial charge >= 0.3 is 0 Å². The Morgan fingerprint density at radius 1 is 1.10 bits per heavy atom. The van der Waals surface area contributed by atoms with E-state index in [2.05, 4.69) is 12.2 Å². The molecule has 112 valence electrons. The van der Waals surface area contributed by atoms with Crippen LogP contribution in [0.3, 0.4) is 0 Å². The summed E-state index contributed by atoms with van der Waals surface area (Å²) < 4.78 is 18.8. The first-order chi connectivity index (χ1) is 10.2. The molecule has 1 heterocycles. The molecular weight excluding hydrogens is 265 g/mol. The molecule has 0 saturated heterocycles. The quantitative estimate of drug-likeness (QED) is 0.877. The minimum absolute atomic E-state index is 0.224. The van der Waals surface area contributed by atoms with Crippen molar-refractivity contribution in [3.05, 3.63) is 48.0 Å². The number of furan rings is 1. The second-order valence-corrected chi connectivity index (χ2v) is 6.02. The summed E-state index contributed by atoms with van der Waals surface area (Å²) in [6, 6.07) is 11.0. The van der Waals surface area contributed by atoms with Crippen LogP contribution in [0.2, 0.25) is 0 Å². The molecular formula is C18H22FNO. The summed E-state index contributed by atoms with van der Waals surface area (Å²) in [4.78, 5) is 0. The lowest BCUT2D eigenvalue weighted by Crippen LogP contribution is -2.36. The van der Waals surface area contributed by atoms with Crippen molar-refractivity contribution < 1.29 is 8.81 Å². The number of hydrogen-bond acceptors (Lipinski definition) is 2. The van der Waals surface area contributed by atoms with E-state index >= 15 is 0 Å². The van der Waals surface area contributed by atoms with Crippen LogP contribution >= 0.6 is 0 Å². The van der Waals surface area contributed by atoms with Gasteiger partial charge in [-0.1, -0.05) is 19.8 Å². The Morgan fingerprint density at radius 3 is 2.62 bits per heavy atom. The van der Waals surface area contributed by atoms with Gasteiger partial charge in [0.05, 0.1) is 6.54 Å². The summed E-state index contributed by atoms with van der Waals surface area (Å²) >= 11 is 0. The van der Waals surface area contributed by atoms with Crippen LogP contribution in [0.25, 0.3) is 11.3 Å². The average Bonchev–Trinajstić information content (AvgIpc) is 2.96. The van der Waals surface area contributed by atoms with Crippen LogP contribution in [0.5, 0.6) is 0 Å². The molecule has 0 bridgehead atoms. The highest BCUT2D eigenvalue weighted by Crippen LogP contribution is 2.25. The summed E-state index contributed by atoms with van der Waals surface area (Å²) in [5.74, 6) is 2.25. The summed E-state index contributed by atoms with van der Waals surface area (Å²) in [5, 5.41) is 3.61. The molecule has 2 nitrogen and oxygen atoms in total. The Kier molecular flexibility index (Phi) is 4.39. The number of halogens is 1. The molecule has 1 aromatic heterocycles. The van der Waals surface area contributed by atoms with Crippen LogP contribution in [0, 0.1) is 11.7 Å². The maximum atomic E-state index is 12.9. The van der Waals surface area contributed by atoms with Crippen molar-refractivity contribution in [1.29, 1.82) is 0 Å². The van der Waals surface area contributed by atoms with Gasteiger partial charge in [-0.05, 0) is 55.2 Å². The van der Waals surface area contributed by atoms with Crippen LogP contribution in [-0.4, -0.2) is 6.04 Å². The second kappa shape index (κ2) is 6.44. The van der Waals surface area contributed by atoms with Crippen LogP contribution in [-0.2, 0) is 6.54 Å². The van der Waals surface area contributed by atoms with E-state index in [0.717, 1.165) is 29.5 Å². The van der Waals surface area contributed by atoms with Crippen molar-refractivity contribution >= 4 is 0 Å². The fourth-order valence-corrected chi connectivity index (χ4v) is 3.09. The SMILES string of the molecule is CC1CCCCC1NCc1ccc(-c2ccc(F)cc2)o1. The molecule has 2 aromatic rings. The van der Waals surface area contributed by atoms with Crippen molar-refractivity contribution in [2.75, 3.05) is 0 Å². The first-order valence-electron chi connectivity index (χ1n) is 7.80. The van der Waals surface area contributed by atoms with Crippen molar-refractivity contribution in [1.82, 2.24) is 5.32 Å². The van der Waals surface area contributed by atoms with E-state index in [1.165, 1.54) is 37.8 Å². The molecule has 1 fully saturated rings. The normalized spacial score (nSPS) is 22.4. The van der Waals surface area contributed by atoms with E-state index in [1.807, 2.05) is 12.1 Å².